The topological polar surface area (TPSA) is 47.6 Å². The van der Waals surface area contributed by atoms with Gasteiger partial charge in [-0.2, -0.15) is 13.2 Å². The molecule has 3 rings (SSSR count). The molecule has 0 aromatic heterocycles. The molecular weight excluding hydrogens is 347 g/mol. The summed E-state index contributed by atoms with van der Waals surface area (Å²) in [6.07, 6.45) is -5.42. The normalized spacial score (nSPS) is 17.4. The number of alkyl halides is 3. The lowest BCUT2D eigenvalue weighted by Gasteiger charge is -2.12. The molecule has 0 amide bonds. The lowest BCUT2D eigenvalue weighted by molar-refractivity contribution is -0.137. The van der Waals surface area contributed by atoms with Crippen molar-refractivity contribution in [2.45, 2.75) is 12.3 Å². The van der Waals surface area contributed by atoms with Gasteiger partial charge in [0.1, 0.15) is 6.73 Å². The second-order valence-electron chi connectivity index (χ2n) is 5.67. The molecule has 0 aliphatic carbocycles. The van der Waals surface area contributed by atoms with Crippen LogP contribution in [-0.2, 0) is 20.4 Å². The van der Waals surface area contributed by atoms with E-state index in [1.54, 1.807) is 30.3 Å². The van der Waals surface area contributed by atoms with E-state index in [0.717, 1.165) is 12.1 Å². The summed E-state index contributed by atoms with van der Waals surface area (Å²) in [7, 11) is 1.45. The van der Waals surface area contributed by atoms with Crippen LogP contribution >= 0.6 is 0 Å². The van der Waals surface area contributed by atoms with Gasteiger partial charge < -0.3 is 14.8 Å². The highest BCUT2D eigenvalue weighted by Crippen LogP contribution is 2.38. The maximum atomic E-state index is 13.0. The third-order valence-corrected chi connectivity index (χ3v) is 3.91. The van der Waals surface area contributed by atoms with Crippen LogP contribution in [0, 0.1) is 0 Å². The summed E-state index contributed by atoms with van der Waals surface area (Å²) in [5, 5.41) is 2.80. The van der Waals surface area contributed by atoms with E-state index in [9.17, 15) is 18.0 Å². The highest BCUT2D eigenvalue weighted by molar-refractivity contribution is 6.25. The van der Waals surface area contributed by atoms with Gasteiger partial charge in [-0.15, -0.1) is 0 Å². The zero-order chi connectivity index (χ0) is 18.7. The van der Waals surface area contributed by atoms with Crippen molar-refractivity contribution in [3.8, 4) is 0 Å². The SMILES string of the molecule is COCNC1=C(c2cccc(C(F)(F)F)c2)C(=O)C(c2ccccc2)O1. The molecule has 2 aromatic rings. The van der Waals surface area contributed by atoms with E-state index < -0.39 is 23.6 Å². The zero-order valence-corrected chi connectivity index (χ0v) is 13.8. The average molecular weight is 363 g/mol. The van der Waals surface area contributed by atoms with Crippen molar-refractivity contribution in [1.29, 1.82) is 0 Å². The van der Waals surface area contributed by atoms with E-state index in [4.69, 9.17) is 9.47 Å². The molecule has 1 atom stereocenters. The summed E-state index contributed by atoms with van der Waals surface area (Å²) < 4.78 is 49.7. The Morgan fingerprint density at radius 2 is 1.85 bits per heavy atom. The van der Waals surface area contributed by atoms with Crippen molar-refractivity contribution < 1.29 is 27.4 Å². The minimum atomic E-state index is -4.50. The molecule has 1 heterocycles. The Balaban J connectivity index is 2.02. The lowest BCUT2D eigenvalue weighted by atomic mass is 9.96. The molecule has 26 heavy (non-hydrogen) atoms. The highest BCUT2D eigenvalue weighted by Gasteiger charge is 2.38. The quantitative estimate of drug-likeness (QED) is 0.819. The number of carbonyl (C=O) groups is 1. The Morgan fingerprint density at radius 3 is 2.50 bits per heavy atom. The van der Waals surface area contributed by atoms with Gasteiger partial charge in [0.25, 0.3) is 0 Å². The maximum Gasteiger partial charge on any atom is 0.416 e. The van der Waals surface area contributed by atoms with Gasteiger partial charge in [0.15, 0.2) is 6.10 Å². The molecule has 0 saturated carbocycles. The van der Waals surface area contributed by atoms with Gasteiger partial charge >= 0.3 is 6.18 Å². The van der Waals surface area contributed by atoms with Gasteiger partial charge in [0, 0.05) is 12.7 Å². The first-order chi connectivity index (χ1) is 12.4. The minimum Gasteiger partial charge on any atom is -0.462 e. The Labute approximate surface area is 148 Å². The first-order valence-electron chi connectivity index (χ1n) is 7.82. The number of carbonyl (C=O) groups excluding carboxylic acids is 1. The van der Waals surface area contributed by atoms with Crippen LogP contribution in [0.4, 0.5) is 13.2 Å². The molecule has 0 spiro atoms. The second-order valence-corrected chi connectivity index (χ2v) is 5.67. The average Bonchev–Trinajstić information content (AvgIpc) is 2.96. The standard InChI is InChI=1S/C19H16F3NO3/c1-25-11-23-18-15(13-8-5-9-14(10-13)19(20,21)22)16(24)17(26-18)12-6-3-2-4-7-12/h2-10,17,23H,11H2,1H3. The Kier molecular flexibility index (Phi) is 4.99. The van der Waals surface area contributed by atoms with Crippen LogP contribution in [0.1, 0.15) is 22.8 Å². The second kappa shape index (κ2) is 7.21. The van der Waals surface area contributed by atoms with Gasteiger partial charge in [0.05, 0.1) is 11.1 Å². The maximum absolute atomic E-state index is 13.0. The molecule has 1 aliphatic rings. The van der Waals surface area contributed by atoms with Crippen LogP contribution < -0.4 is 5.32 Å². The van der Waals surface area contributed by atoms with E-state index in [-0.39, 0.29) is 23.8 Å². The number of Topliss-reactive ketones (excluding diaryl/α,β-unsaturated/α-hetero) is 1. The van der Waals surface area contributed by atoms with Crippen molar-refractivity contribution in [3.05, 3.63) is 77.2 Å². The molecule has 0 fully saturated rings. The third-order valence-electron chi connectivity index (χ3n) is 3.91. The number of rotatable bonds is 5. The summed E-state index contributed by atoms with van der Waals surface area (Å²) >= 11 is 0. The van der Waals surface area contributed by atoms with Gasteiger partial charge in [0.2, 0.25) is 11.7 Å². The molecule has 4 nitrogen and oxygen atoms in total. The molecule has 136 valence electrons. The number of halogens is 3. The van der Waals surface area contributed by atoms with E-state index in [1.807, 2.05) is 0 Å². The zero-order valence-electron chi connectivity index (χ0n) is 13.8. The van der Waals surface area contributed by atoms with Gasteiger partial charge in [-0.3, -0.25) is 4.79 Å². The van der Waals surface area contributed by atoms with E-state index in [0.29, 0.717) is 5.56 Å². The number of nitrogens with one attached hydrogen (secondary N) is 1. The molecule has 1 aliphatic heterocycles. The number of benzene rings is 2. The Morgan fingerprint density at radius 1 is 1.12 bits per heavy atom. The van der Waals surface area contributed by atoms with Gasteiger partial charge in [-0.05, 0) is 17.7 Å². The van der Waals surface area contributed by atoms with Crippen molar-refractivity contribution >= 4 is 11.4 Å². The Hall–Kier alpha value is -2.80. The van der Waals surface area contributed by atoms with Crippen LogP contribution in [0.15, 0.2) is 60.5 Å². The van der Waals surface area contributed by atoms with E-state index in [2.05, 4.69) is 5.32 Å². The van der Waals surface area contributed by atoms with Crippen molar-refractivity contribution in [2.75, 3.05) is 13.8 Å². The van der Waals surface area contributed by atoms with Crippen LogP contribution in [0.3, 0.4) is 0 Å². The first-order valence-corrected chi connectivity index (χ1v) is 7.82. The number of ether oxygens (including phenoxy) is 2. The molecule has 1 N–H and O–H groups in total. The highest BCUT2D eigenvalue weighted by atomic mass is 19.4. The van der Waals surface area contributed by atoms with Crippen LogP contribution in [0.2, 0.25) is 0 Å². The van der Waals surface area contributed by atoms with Gasteiger partial charge in [-0.1, -0.05) is 42.5 Å². The lowest BCUT2D eigenvalue weighted by Crippen LogP contribution is -2.17. The predicted octanol–water partition coefficient (Wildman–Crippen LogP) is 3.91. The summed E-state index contributed by atoms with van der Waals surface area (Å²) in [5.41, 5.74) is 0.00427. The molecule has 0 saturated heterocycles. The molecular formula is C19H16F3NO3. The van der Waals surface area contributed by atoms with Crippen LogP contribution in [0.5, 0.6) is 0 Å². The molecule has 2 aromatic carbocycles. The third kappa shape index (κ3) is 3.57. The number of hydrogen-bond donors (Lipinski definition) is 1. The summed E-state index contributed by atoms with van der Waals surface area (Å²) in [6, 6.07) is 13.4. The first kappa shape index (κ1) is 18.0. The summed E-state index contributed by atoms with van der Waals surface area (Å²) in [4.78, 5) is 12.9. The van der Waals surface area contributed by atoms with E-state index in [1.165, 1.54) is 19.2 Å². The summed E-state index contributed by atoms with van der Waals surface area (Å²) in [6.45, 7) is 0.0482. The number of ketones is 1. The Bertz CT molecular complexity index is 831. The predicted molar refractivity (Wildman–Crippen MR) is 88.7 cm³/mol. The van der Waals surface area contributed by atoms with Crippen LogP contribution in [-0.4, -0.2) is 19.6 Å². The van der Waals surface area contributed by atoms with Gasteiger partial charge in [-0.25, -0.2) is 0 Å². The summed E-state index contributed by atoms with van der Waals surface area (Å²) in [5.74, 6) is -0.306. The van der Waals surface area contributed by atoms with Crippen molar-refractivity contribution in [2.24, 2.45) is 0 Å². The molecule has 0 radical (unpaired) electrons. The van der Waals surface area contributed by atoms with Crippen molar-refractivity contribution in [3.63, 3.8) is 0 Å². The molecule has 7 heteroatoms. The fourth-order valence-corrected chi connectivity index (χ4v) is 2.71. The largest absolute Gasteiger partial charge is 0.462 e. The number of hydrogen-bond acceptors (Lipinski definition) is 4. The fourth-order valence-electron chi connectivity index (χ4n) is 2.71. The fraction of sp³-hybridized carbons (Fsp3) is 0.211. The minimum absolute atomic E-state index is 0.0482. The monoisotopic (exact) mass is 363 g/mol. The van der Waals surface area contributed by atoms with E-state index >= 15 is 0 Å². The molecule has 1 unspecified atom stereocenters. The smallest absolute Gasteiger partial charge is 0.416 e. The van der Waals surface area contributed by atoms with Crippen molar-refractivity contribution in [1.82, 2.24) is 5.32 Å². The van der Waals surface area contributed by atoms with Crippen LogP contribution in [0.25, 0.3) is 5.57 Å². The number of methoxy groups -OCH3 is 1. The molecule has 0 bridgehead atoms.